The summed E-state index contributed by atoms with van der Waals surface area (Å²) in [6.45, 7) is 8.57. The lowest BCUT2D eigenvalue weighted by molar-refractivity contribution is 0.122. The zero-order valence-electron chi connectivity index (χ0n) is 16.1. The first-order valence-corrected chi connectivity index (χ1v) is 9.96. The van der Waals surface area contributed by atoms with Crippen molar-refractivity contribution in [3.63, 3.8) is 0 Å². The average molecular weight is 367 g/mol. The van der Waals surface area contributed by atoms with Gasteiger partial charge in [0.15, 0.2) is 0 Å². The van der Waals surface area contributed by atoms with Crippen LogP contribution in [0.3, 0.4) is 0 Å². The zero-order chi connectivity index (χ0) is 18.5. The Morgan fingerprint density at radius 2 is 1.93 bits per heavy atom. The van der Waals surface area contributed by atoms with E-state index in [1.54, 1.807) is 0 Å². The Morgan fingerprint density at radius 3 is 2.74 bits per heavy atom. The van der Waals surface area contributed by atoms with E-state index in [2.05, 4.69) is 51.3 Å². The van der Waals surface area contributed by atoms with Gasteiger partial charge in [0, 0.05) is 38.4 Å². The van der Waals surface area contributed by atoms with Crippen LogP contribution in [0.5, 0.6) is 0 Å². The van der Waals surface area contributed by atoms with Crippen LogP contribution in [0.4, 0.5) is 11.8 Å². The van der Waals surface area contributed by atoms with Gasteiger partial charge < -0.3 is 15.0 Å². The van der Waals surface area contributed by atoms with Crippen LogP contribution in [-0.4, -0.2) is 60.3 Å². The molecule has 27 heavy (non-hydrogen) atoms. The van der Waals surface area contributed by atoms with E-state index in [-0.39, 0.29) is 0 Å². The molecule has 6 heteroatoms. The Hall–Kier alpha value is -2.18. The van der Waals surface area contributed by atoms with Gasteiger partial charge in [0.25, 0.3) is 0 Å². The fourth-order valence-corrected chi connectivity index (χ4v) is 3.82. The Bertz CT molecular complexity index is 730. The van der Waals surface area contributed by atoms with E-state index < -0.39 is 0 Å². The first-order valence-electron chi connectivity index (χ1n) is 9.96. The average Bonchev–Trinajstić information content (AvgIpc) is 2.71. The highest BCUT2D eigenvalue weighted by molar-refractivity contribution is 5.42. The minimum absolute atomic E-state index is 0.427. The molecular formula is C21H29N5O. The van der Waals surface area contributed by atoms with Gasteiger partial charge in [-0.25, -0.2) is 4.98 Å². The molecule has 1 N–H and O–H groups in total. The van der Waals surface area contributed by atoms with E-state index in [0.717, 1.165) is 57.7 Å². The number of likely N-dealkylation sites (tertiary alicyclic amines) is 1. The Kier molecular flexibility index (Phi) is 5.84. The standard InChI is InChI=1S/C21H29N5O/c1-17-4-6-18(7-5-17)15-25-10-2-3-19(16-25)23-20-8-9-22-21(24-20)26-11-13-27-14-12-26/h4-9,19H,2-3,10-16H2,1H3,(H,22,23,24). The van der Waals surface area contributed by atoms with E-state index in [1.165, 1.54) is 24.0 Å². The van der Waals surface area contributed by atoms with Crippen LogP contribution in [0.15, 0.2) is 36.5 Å². The van der Waals surface area contributed by atoms with Gasteiger partial charge in [0.05, 0.1) is 13.2 Å². The molecule has 1 unspecified atom stereocenters. The molecule has 0 radical (unpaired) electrons. The summed E-state index contributed by atoms with van der Waals surface area (Å²) in [6.07, 6.45) is 4.25. The Labute approximate surface area is 161 Å². The molecule has 2 aromatic rings. The van der Waals surface area contributed by atoms with Crippen LogP contribution in [-0.2, 0) is 11.3 Å². The molecule has 4 rings (SSSR count). The van der Waals surface area contributed by atoms with E-state index >= 15 is 0 Å². The van der Waals surface area contributed by atoms with Gasteiger partial charge in [-0.1, -0.05) is 29.8 Å². The third-order valence-corrected chi connectivity index (χ3v) is 5.32. The highest BCUT2D eigenvalue weighted by Crippen LogP contribution is 2.19. The van der Waals surface area contributed by atoms with Gasteiger partial charge in [0.2, 0.25) is 5.95 Å². The molecule has 0 aliphatic carbocycles. The molecule has 6 nitrogen and oxygen atoms in total. The van der Waals surface area contributed by atoms with Crippen molar-refractivity contribution in [3.05, 3.63) is 47.7 Å². The van der Waals surface area contributed by atoms with Crippen molar-refractivity contribution < 1.29 is 4.74 Å². The number of anilines is 2. The maximum absolute atomic E-state index is 5.42. The number of nitrogens with zero attached hydrogens (tertiary/aromatic N) is 4. The van der Waals surface area contributed by atoms with E-state index in [9.17, 15) is 0 Å². The van der Waals surface area contributed by atoms with Gasteiger partial charge >= 0.3 is 0 Å². The van der Waals surface area contributed by atoms with Gasteiger partial charge in [0.1, 0.15) is 5.82 Å². The van der Waals surface area contributed by atoms with Crippen LogP contribution in [0.25, 0.3) is 0 Å². The summed E-state index contributed by atoms with van der Waals surface area (Å²) in [4.78, 5) is 13.9. The molecule has 0 spiro atoms. The van der Waals surface area contributed by atoms with E-state index in [4.69, 9.17) is 9.72 Å². The maximum atomic E-state index is 5.42. The molecule has 1 aromatic heterocycles. The Morgan fingerprint density at radius 1 is 1.11 bits per heavy atom. The predicted molar refractivity (Wildman–Crippen MR) is 108 cm³/mol. The van der Waals surface area contributed by atoms with Gasteiger partial charge in [-0.05, 0) is 37.9 Å². The number of benzene rings is 1. The van der Waals surface area contributed by atoms with Crippen molar-refractivity contribution in [2.24, 2.45) is 0 Å². The second kappa shape index (κ2) is 8.67. The number of aromatic nitrogens is 2. The number of hydrogen-bond donors (Lipinski definition) is 1. The molecule has 2 aliphatic rings. The predicted octanol–water partition coefficient (Wildman–Crippen LogP) is 2.70. The highest BCUT2D eigenvalue weighted by Gasteiger charge is 2.21. The molecule has 2 aliphatic heterocycles. The van der Waals surface area contributed by atoms with Crippen LogP contribution >= 0.6 is 0 Å². The van der Waals surface area contributed by atoms with Crippen molar-refractivity contribution in [1.82, 2.24) is 14.9 Å². The number of morpholine rings is 1. The fourth-order valence-electron chi connectivity index (χ4n) is 3.82. The first-order chi connectivity index (χ1) is 13.3. The van der Waals surface area contributed by atoms with Crippen LogP contribution in [0.2, 0.25) is 0 Å². The maximum Gasteiger partial charge on any atom is 0.227 e. The minimum atomic E-state index is 0.427. The molecule has 1 atom stereocenters. The van der Waals surface area contributed by atoms with Crippen molar-refractivity contribution in [1.29, 1.82) is 0 Å². The number of ether oxygens (including phenoxy) is 1. The van der Waals surface area contributed by atoms with Gasteiger partial charge in [-0.3, -0.25) is 4.90 Å². The monoisotopic (exact) mass is 367 g/mol. The lowest BCUT2D eigenvalue weighted by Crippen LogP contribution is -2.42. The van der Waals surface area contributed by atoms with Crippen LogP contribution in [0.1, 0.15) is 24.0 Å². The number of nitrogens with one attached hydrogen (secondary N) is 1. The summed E-state index contributed by atoms with van der Waals surface area (Å²) in [7, 11) is 0. The van der Waals surface area contributed by atoms with Crippen molar-refractivity contribution in [2.45, 2.75) is 32.4 Å². The molecule has 2 fully saturated rings. The van der Waals surface area contributed by atoms with Gasteiger partial charge in [-0.15, -0.1) is 0 Å². The molecular weight excluding hydrogens is 338 g/mol. The lowest BCUT2D eigenvalue weighted by Gasteiger charge is -2.33. The van der Waals surface area contributed by atoms with Gasteiger partial charge in [-0.2, -0.15) is 4.98 Å². The second-order valence-electron chi connectivity index (χ2n) is 7.55. The second-order valence-corrected chi connectivity index (χ2v) is 7.55. The molecule has 144 valence electrons. The quantitative estimate of drug-likeness (QED) is 0.877. The third-order valence-electron chi connectivity index (χ3n) is 5.32. The summed E-state index contributed by atoms with van der Waals surface area (Å²) in [5.41, 5.74) is 2.70. The van der Waals surface area contributed by atoms with E-state index in [0.29, 0.717) is 6.04 Å². The minimum Gasteiger partial charge on any atom is -0.378 e. The SMILES string of the molecule is Cc1ccc(CN2CCCC(Nc3ccnc(N4CCOCC4)n3)C2)cc1. The van der Waals surface area contributed by atoms with Crippen molar-refractivity contribution >= 4 is 11.8 Å². The number of hydrogen-bond acceptors (Lipinski definition) is 6. The van der Waals surface area contributed by atoms with Crippen LogP contribution < -0.4 is 10.2 Å². The first kappa shape index (κ1) is 18.2. The van der Waals surface area contributed by atoms with Crippen molar-refractivity contribution in [3.8, 4) is 0 Å². The normalized spacial score (nSPS) is 21.2. The van der Waals surface area contributed by atoms with Crippen molar-refractivity contribution in [2.75, 3.05) is 49.6 Å². The number of rotatable bonds is 5. The summed E-state index contributed by atoms with van der Waals surface area (Å²) >= 11 is 0. The Balaban J connectivity index is 1.35. The van der Waals surface area contributed by atoms with E-state index in [1.807, 2.05) is 12.3 Å². The molecule has 0 amide bonds. The zero-order valence-corrected chi connectivity index (χ0v) is 16.1. The fraction of sp³-hybridized carbons (Fsp3) is 0.524. The summed E-state index contributed by atoms with van der Waals surface area (Å²) < 4.78 is 5.42. The summed E-state index contributed by atoms with van der Waals surface area (Å²) in [5.74, 6) is 1.73. The topological polar surface area (TPSA) is 53.5 Å². The summed E-state index contributed by atoms with van der Waals surface area (Å²) in [5, 5.41) is 3.63. The number of piperidine rings is 1. The summed E-state index contributed by atoms with van der Waals surface area (Å²) in [6, 6.07) is 11.3. The number of aryl methyl sites for hydroxylation is 1. The lowest BCUT2D eigenvalue weighted by atomic mass is 10.0. The smallest absolute Gasteiger partial charge is 0.227 e. The molecule has 0 saturated carbocycles. The molecule has 2 saturated heterocycles. The van der Waals surface area contributed by atoms with Crippen LogP contribution in [0, 0.1) is 6.92 Å². The molecule has 3 heterocycles. The highest BCUT2D eigenvalue weighted by atomic mass is 16.5. The third kappa shape index (κ3) is 4.96. The molecule has 0 bridgehead atoms. The largest absolute Gasteiger partial charge is 0.378 e. The molecule has 1 aromatic carbocycles.